The molecule has 0 unspecified atom stereocenters. The van der Waals surface area contributed by atoms with Crippen LogP contribution in [0.2, 0.25) is 0 Å². The van der Waals surface area contributed by atoms with Crippen molar-refractivity contribution in [3.8, 4) is 6.07 Å². The molecule has 0 heterocycles. The van der Waals surface area contributed by atoms with Crippen LogP contribution in [-0.2, 0) is 0 Å². The van der Waals surface area contributed by atoms with Gasteiger partial charge in [0.15, 0.2) is 0 Å². The molecule has 1 aliphatic rings. The quantitative estimate of drug-likeness (QED) is 0.630. The van der Waals surface area contributed by atoms with E-state index in [1.807, 2.05) is 18.2 Å². The number of nitrogens with one attached hydrogen (secondary N) is 2. The standard InChI is InChI=1S/C16H22BrN3/c17-14-7-8-16(13(11-14)12-18)20-10-9-19-15-5-3-1-2-4-6-15/h7-8,11,15,19-20H,1-6,9-10H2. The molecular weight excluding hydrogens is 314 g/mol. The zero-order valence-electron chi connectivity index (χ0n) is 11.8. The fourth-order valence-electron chi connectivity index (χ4n) is 2.72. The van der Waals surface area contributed by atoms with Crippen LogP contribution in [0, 0.1) is 11.3 Å². The largest absolute Gasteiger partial charge is 0.383 e. The molecule has 0 radical (unpaired) electrons. The number of hydrogen-bond acceptors (Lipinski definition) is 3. The Morgan fingerprint density at radius 2 is 1.90 bits per heavy atom. The monoisotopic (exact) mass is 335 g/mol. The molecule has 4 heteroatoms. The Balaban J connectivity index is 1.74. The molecule has 1 saturated carbocycles. The van der Waals surface area contributed by atoms with Crippen molar-refractivity contribution in [1.82, 2.24) is 5.32 Å². The minimum Gasteiger partial charge on any atom is -0.383 e. The average molecular weight is 336 g/mol. The summed E-state index contributed by atoms with van der Waals surface area (Å²) in [5.41, 5.74) is 1.60. The normalized spacial score (nSPS) is 16.4. The van der Waals surface area contributed by atoms with Gasteiger partial charge in [0.2, 0.25) is 0 Å². The number of anilines is 1. The molecule has 20 heavy (non-hydrogen) atoms. The highest BCUT2D eigenvalue weighted by atomic mass is 79.9. The third-order valence-corrected chi connectivity index (χ3v) is 4.32. The van der Waals surface area contributed by atoms with Gasteiger partial charge in [-0.05, 0) is 31.0 Å². The minimum absolute atomic E-state index is 0.680. The Morgan fingerprint density at radius 1 is 1.15 bits per heavy atom. The lowest BCUT2D eigenvalue weighted by atomic mass is 10.1. The van der Waals surface area contributed by atoms with E-state index in [1.165, 1.54) is 38.5 Å². The highest BCUT2D eigenvalue weighted by molar-refractivity contribution is 9.10. The first-order valence-electron chi connectivity index (χ1n) is 7.46. The van der Waals surface area contributed by atoms with Gasteiger partial charge in [0.1, 0.15) is 6.07 Å². The molecule has 1 aromatic carbocycles. The van der Waals surface area contributed by atoms with Gasteiger partial charge in [0.25, 0.3) is 0 Å². The van der Waals surface area contributed by atoms with E-state index >= 15 is 0 Å². The molecule has 0 bridgehead atoms. The predicted molar refractivity (Wildman–Crippen MR) is 86.8 cm³/mol. The summed E-state index contributed by atoms with van der Waals surface area (Å²) >= 11 is 3.39. The molecule has 1 fully saturated rings. The first-order valence-corrected chi connectivity index (χ1v) is 8.26. The molecule has 0 atom stereocenters. The van der Waals surface area contributed by atoms with Gasteiger partial charge in [-0.1, -0.05) is 41.6 Å². The van der Waals surface area contributed by atoms with Crippen molar-refractivity contribution in [3.63, 3.8) is 0 Å². The van der Waals surface area contributed by atoms with Gasteiger partial charge in [-0.3, -0.25) is 0 Å². The Labute approximate surface area is 129 Å². The number of hydrogen-bond donors (Lipinski definition) is 2. The lowest BCUT2D eigenvalue weighted by Crippen LogP contribution is -2.32. The van der Waals surface area contributed by atoms with Gasteiger partial charge in [0.05, 0.1) is 11.3 Å². The molecular formula is C16H22BrN3. The Morgan fingerprint density at radius 3 is 2.60 bits per heavy atom. The van der Waals surface area contributed by atoms with Gasteiger partial charge in [-0.15, -0.1) is 0 Å². The molecule has 2 N–H and O–H groups in total. The SMILES string of the molecule is N#Cc1cc(Br)ccc1NCCNC1CCCCCC1. The van der Waals surface area contributed by atoms with Crippen LogP contribution in [0.3, 0.4) is 0 Å². The van der Waals surface area contributed by atoms with Crippen LogP contribution in [0.25, 0.3) is 0 Å². The second-order valence-electron chi connectivity index (χ2n) is 5.37. The maximum absolute atomic E-state index is 9.11. The maximum atomic E-state index is 9.11. The van der Waals surface area contributed by atoms with Crippen LogP contribution < -0.4 is 10.6 Å². The van der Waals surface area contributed by atoms with Crippen LogP contribution in [0.1, 0.15) is 44.1 Å². The summed E-state index contributed by atoms with van der Waals surface area (Å²) in [7, 11) is 0. The van der Waals surface area contributed by atoms with Gasteiger partial charge >= 0.3 is 0 Å². The van der Waals surface area contributed by atoms with Crippen LogP contribution >= 0.6 is 15.9 Å². The van der Waals surface area contributed by atoms with Crippen LogP contribution in [-0.4, -0.2) is 19.1 Å². The van der Waals surface area contributed by atoms with Gasteiger partial charge in [0, 0.05) is 23.6 Å². The number of rotatable bonds is 5. The van der Waals surface area contributed by atoms with E-state index < -0.39 is 0 Å². The van der Waals surface area contributed by atoms with Gasteiger partial charge in [-0.2, -0.15) is 5.26 Å². The summed E-state index contributed by atoms with van der Waals surface area (Å²) < 4.78 is 0.941. The number of halogens is 1. The van der Waals surface area contributed by atoms with Crippen molar-refractivity contribution in [2.45, 2.75) is 44.6 Å². The first kappa shape index (κ1) is 15.3. The van der Waals surface area contributed by atoms with Gasteiger partial charge < -0.3 is 10.6 Å². The fourth-order valence-corrected chi connectivity index (χ4v) is 3.08. The molecule has 1 aromatic rings. The highest BCUT2D eigenvalue weighted by Gasteiger charge is 2.10. The van der Waals surface area contributed by atoms with E-state index in [-0.39, 0.29) is 0 Å². The zero-order chi connectivity index (χ0) is 14.2. The third-order valence-electron chi connectivity index (χ3n) is 3.83. The van der Waals surface area contributed by atoms with Crippen LogP contribution in [0.4, 0.5) is 5.69 Å². The molecule has 0 aromatic heterocycles. The molecule has 0 amide bonds. The van der Waals surface area contributed by atoms with Crippen molar-refractivity contribution in [2.75, 3.05) is 18.4 Å². The van der Waals surface area contributed by atoms with E-state index in [0.29, 0.717) is 11.6 Å². The van der Waals surface area contributed by atoms with Crippen molar-refractivity contribution in [3.05, 3.63) is 28.2 Å². The van der Waals surface area contributed by atoms with E-state index in [9.17, 15) is 0 Å². The Bertz CT molecular complexity index is 459. The van der Waals surface area contributed by atoms with Crippen molar-refractivity contribution in [1.29, 1.82) is 5.26 Å². The maximum Gasteiger partial charge on any atom is 0.101 e. The van der Waals surface area contributed by atoms with E-state index in [4.69, 9.17) is 5.26 Å². The molecule has 1 aliphatic carbocycles. The van der Waals surface area contributed by atoms with Crippen molar-refractivity contribution < 1.29 is 0 Å². The molecule has 108 valence electrons. The predicted octanol–water partition coefficient (Wildman–Crippen LogP) is 4.05. The highest BCUT2D eigenvalue weighted by Crippen LogP contribution is 2.20. The summed E-state index contributed by atoms with van der Waals surface area (Å²) in [6.45, 7) is 1.80. The lowest BCUT2D eigenvalue weighted by Gasteiger charge is -2.17. The summed E-state index contributed by atoms with van der Waals surface area (Å²) in [5, 5.41) is 16.1. The first-order chi connectivity index (χ1) is 9.79. The molecule has 2 rings (SSSR count). The molecule has 0 aliphatic heterocycles. The Kier molecular flexibility index (Phi) is 6.35. The average Bonchev–Trinajstić information content (AvgIpc) is 2.73. The van der Waals surface area contributed by atoms with Crippen LogP contribution in [0.5, 0.6) is 0 Å². The fraction of sp³-hybridized carbons (Fsp3) is 0.562. The lowest BCUT2D eigenvalue weighted by molar-refractivity contribution is 0.468. The summed E-state index contributed by atoms with van der Waals surface area (Å²) in [6, 6.07) is 8.66. The summed E-state index contributed by atoms with van der Waals surface area (Å²) in [6.07, 6.45) is 8.11. The second kappa shape index (κ2) is 8.28. The van der Waals surface area contributed by atoms with E-state index in [1.54, 1.807) is 0 Å². The minimum atomic E-state index is 0.680. The number of benzene rings is 1. The summed E-state index contributed by atoms with van der Waals surface area (Å²) in [4.78, 5) is 0. The Hall–Kier alpha value is -1.05. The number of nitrogens with zero attached hydrogens (tertiary/aromatic N) is 1. The van der Waals surface area contributed by atoms with E-state index in [0.717, 1.165) is 23.2 Å². The topological polar surface area (TPSA) is 47.9 Å². The second-order valence-corrected chi connectivity index (χ2v) is 6.29. The molecule has 0 saturated heterocycles. The van der Waals surface area contributed by atoms with Crippen molar-refractivity contribution >= 4 is 21.6 Å². The van der Waals surface area contributed by atoms with Gasteiger partial charge in [-0.25, -0.2) is 0 Å². The third kappa shape index (κ3) is 4.81. The molecule has 0 spiro atoms. The van der Waals surface area contributed by atoms with Crippen LogP contribution in [0.15, 0.2) is 22.7 Å². The smallest absolute Gasteiger partial charge is 0.101 e. The summed E-state index contributed by atoms with van der Waals surface area (Å²) in [5.74, 6) is 0. The number of nitriles is 1. The van der Waals surface area contributed by atoms with E-state index in [2.05, 4.69) is 32.6 Å². The molecule has 3 nitrogen and oxygen atoms in total. The van der Waals surface area contributed by atoms with Crippen molar-refractivity contribution in [2.24, 2.45) is 0 Å². The zero-order valence-corrected chi connectivity index (χ0v) is 13.4.